The van der Waals surface area contributed by atoms with Gasteiger partial charge in [-0.3, -0.25) is 9.69 Å². The van der Waals surface area contributed by atoms with Crippen molar-refractivity contribution >= 4 is 40.9 Å². The zero-order valence-electron chi connectivity index (χ0n) is 16.7. The molecular weight excluding hydrogens is 417 g/mol. The maximum absolute atomic E-state index is 13.1. The second-order valence-electron chi connectivity index (χ2n) is 7.30. The highest BCUT2D eigenvalue weighted by Crippen LogP contribution is 2.37. The zero-order chi connectivity index (χ0) is 21.3. The number of rotatable bonds is 5. The third-order valence-corrected chi connectivity index (χ3v) is 5.89. The van der Waals surface area contributed by atoms with Crippen LogP contribution in [0.3, 0.4) is 0 Å². The zero-order valence-corrected chi connectivity index (χ0v) is 18.2. The molecule has 1 aliphatic rings. The molecular formula is C25H21Cl2NO2. The van der Waals surface area contributed by atoms with Crippen LogP contribution in [0, 0.1) is 13.8 Å². The van der Waals surface area contributed by atoms with E-state index in [4.69, 9.17) is 27.9 Å². The Morgan fingerprint density at radius 2 is 1.73 bits per heavy atom. The smallest absolute Gasteiger partial charge is 0.271 e. The minimum absolute atomic E-state index is 0.0996. The fourth-order valence-corrected chi connectivity index (χ4v) is 4.00. The van der Waals surface area contributed by atoms with Gasteiger partial charge in [0.2, 0.25) is 6.10 Å². The van der Waals surface area contributed by atoms with Crippen LogP contribution in [0.15, 0.2) is 72.8 Å². The van der Waals surface area contributed by atoms with Gasteiger partial charge in [0.05, 0.1) is 5.02 Å². The van der Waals surface area contributed by atoms with Crippen LogP contribution in [-0.2, 0) is 4.79 Å². The molecule has 2 atom stereocenters. The van der Waals surface area contributed by atoms with E-state index in [2.05, 4.69) is 0 Å². The van der Waals surface area contributed by atoms with Crippen LogP contribution in [0.5, 0.6) is 5.75 Å². The average molecular weight is 438 g/mol. The van der Waals surface area contributed by atoms with Gasteiger partial charge in [-0.25, -0.2) is 0 Å². The predicted molar refractivity (Wildman–Crippen MR) is 124 cm³/mol. The van der Waals surface area contributed by atoms with E-state index in [1.807, 2.05) is 74.5 Å². The quantitative estimate of drug-likeness (QED) is 0.427. The standard InChI is InChI=1S/C25H21Cl2NO2/c1-16-7-6-10-21(17(16)2)28-22(13-11-18-8-4-3-5-9-18)24(25(28)29)30-23-14-12-19(26)15-20(23)27/h3-15,22,24H,1-2H3/b13-11+. The van der Waals surface area contributed by atoms with Crippen molar-refractivity contribution in [3.8, 4) is 5.75 Å². The van der Waals surface area contributed by atoms with Crippen molar-refractivity contribution in [1.82, 2.24) is 0 Å². The molecule has 0 saturated carbocycles. The molecule has 30 heavy (non-hydrogen) atoms. The van der Waals surface area contributed by atoms with Crippen molar-refractivity contribution in [2.24, 2.45) is 0 Å². The summed E-state index contributed by atoms with van der Waals surface area (Å²) in [4.78, 5) is 14.9. The molecule has 0 spiro atoms. The van der Waals surface area contributed by atoms with Gasteiger partial charge in [0, 0.05) is 10.7 Å². The largest absolute Gasteiger partial charge is 0.476 e. The summed E-state index contributed by atoms with van der Waals surface area (Å²) in [7, 11) is 0. The summed E-state index contributed by atoms with van der Waals surface area (Å²) in [6.45, 7) is 4.07. The minimum atomic E-state index is -0.663. The number of hydrogen-bond acceptors (Lipinski definition) is 2. The third kappa shape index (κ3) is 3.96. The Bertz CT molecular complexity index is 1110. The van der Waals surface area contributed by atoms with Crippen molar-refractivity contribution in [1.29, 1.82) is 0 Å². The van der Waals surface area contributed by atoms with Crippen molar-refractivity contribution < 1.29 is 9.53 Å². The minimum Gasteiger partial charge on any atom is -0.476 e. The van der Waals surface area contributed by atoms with Gasteiger partial charge in [0.25, 0.3) is 5.91 Å². The van der Waals surface area contributed by atoms with Crippen LogP contribution in [0.4, 0.5) is 5.69 Å². The lowest BCUT2D eigenvalue weighted by Gasteiger charge is -2.45. The number of hydrogen-bond donors (Lipinski definition) is 0. The summed E-state index contributed by atoms with van der Waals surface area (Å²) in [5.41, 5.74) is 4.16. The van der Waals surface area contributed by atoms with E-state index in [1.54, 1.807) is 23.1 Å². The van der Waals surface area contributed by atoms with Crippen molar-refractivity contribution in [3.63, 3.8) is 0 Å². The topological polar surface area (TPSA) is 29.5 Å². The summed E-state index contributed by atoms with van der Waals surface area (Å²) in [6.07, 6.45) is 3.35. The van der Waals surface area contributed by atoms with Gasteiger partial charge in [-0.2, -0.15) is 0 Å². The molecule has 5 heteroatoms. The number of anilines is 1. The fraction of sp³-hybridized carbons (Fsp3) is 0.160. The second kappa shape index (κ2) is 8.55. The molecule has 3 aromatic rings. The van der Waals surface area contributed by atoms with Crippen LogP contribution < -0.4 is 9.64 Å². The first-order chi connectivity index (χ1) is 14.5. The number of halogens is 2. The average Bonchev–Trinajstić information content (AvgIpc) is 2.74. The lowest BCUT2D eigenvalue weighted by molar-refractivity contribution is -0.133. The first-order valence-electron chi connectivity index (χ1n) is 9.70. The van der Waals surface area contributed by atoms with Gasteiger partial charge >= 0.3 is 0 Å². The van der Waals surface area contributed by atoms with Crippen LogP contribution in [-0.4, -0.2) is 18.1 Å². The summed E-state index contributed by atoms with van der Waals surface area (Å²) < 4.78 is 6.04. The molecule has 3 aromatic carbocycles. The van der Waals surface area contributed by atoms with E-state index in [0.717, 1.165) is 22.4 Å². The third-order valence-electron chi connectivity index (χ3n) is 5.36. The molecule has 1 aliphatic heterocycles. The maximum Gasteiger partial charge on any atom is 0.271 e. The Labute approximate surface area is 186 Å². The summed E-state index contributed by atoms with van der Waals surface area (Å²) in [5, 5.41) is 0.899. The van der Waals surface area contributed by atoms with E-state index in [9.17, 15) is 4.79 Å². The molecule has 4 rings (SSSR count). The Hall–Kier alpha value is -2.75. The Kier molecular flexibility index (Phi) is 5.85. The lowest BCUT2D eigenvalue weighted by atomic mass is 9.93. The number of ether oxygens (including phenoxy) is 1. The fourth-order valence-electron chi connectivity index (χ4n) is 3.55. The lowest BCUT2D eigenvalue weighted by Crippen LogP contribution is -2.66. The molecule has 2 unspecified atom stereocenters. The van der Waals surface area contributed by atoms with Crippen molar-refractivity contribution in [2.45, 2.75) is 26.0 Å². The number of benzene rings is 3. The second-order valence-corrected chi connectivity index (χ2v) is 8.14. The monoisotopic (exact) mass is 437 g/mol. The van der Waals surface area contributed by atoms with E-state index < -0.39 is 6.10 Å². The van der Waals surface area contributed by atoms with Gasteiger partial charge in [-0.15, -0.1) is 0 Å². The summed E-state index contributed by atoms with van der Waals surface area (Å²) in [6, 6.07) is 20.7. The molecule has 1 fully saturated rings. The SMILES string of the molecule is Cc1cccc(N2C(=O)C(Oc3ccc(Cl)cc3Cl)C2/C=C/c2ccccc2)c1C. The molecule has 3 nitrogen and oxygen atoms in total. The van der Waals surface area contributed by atoms with E-state index in [1.165, 1.54) is 0 Å². The molecule has 1 saturated heterocycles. The van der Waals surface area contributed by atoms with Gasteiger partial charge in [-0.1, -0.05) is 77.8 Å². The number of nitrogens with zero attached hydrogens (tertiary/aromatic N) is 1. The number of carbonyl (C=O) groups excluding carboxylic acids is 1. The Balaban J connectivity index is 1.67. The normalized spacial score (nSPS) is 18.5. The summed E-state index contributed by atoms with van der Waals surface area (Å²) in [5.74, 6) is 0.343. The van der Waals surface area contributed by atoms with Gasteiger partial charge in [-0.05, 0) is 54.8 Å². The number of aryl methyl sites for hydroxylation is 1. The first kappa shape index (κ1) is 20.5. The number of β-lactam (4-membered cyclic amide) rings is 1. The highest BCUT2D eigenvalue weighted by atomic mass is 35.5. The summed E-state index contributed by atoms with van der Waals surface area (Å²) >= 11 is 12.3. The molecule has 0 aliphatic carbocycles. The van der Waals surface area contributed by atoms with E-state index in [0.29, 0.717) is 15.8 Å². The molecule has 1 amide bonds. The molecule has 0 aromatic heterocycles. The van der Waals surface area contributed by atoms with Crippen molar-refractivity contribution in [2.75, 3.05) is 4.90 Å². The Morgan fingerprint density at radius 1 is 0.967 bits per heavy atom. The Morgan fingerprint density at radius 3 is 2.47 bits per heavy atom. The molecule has 0 N–H and O–H groups in total. The molecule has 152 valence electrons. The van der Waals surface area contributed by atoms with Crippen LogP contribution in [0.1, 0.15) is 16.7 Å². The highest BCUT2D eigenvalue weighted by Gasteiger charge is 2.49. The van der Waals surface area contributed by atoms with Gasteiger partial charge in [0.1, 0.15) is 11.8 Å². The van der Waals surface area contributed by atoms with Crippen LogP contribution >= 0.6 is 23.2 Å². The van der Waals surface area contributed by atoms with E-state index >= 15 is 0 Å². The molecule has 0 radical (unpaired) electrons. The van der Waals surface area contributed by atoms with E-state index in [-0.39, 0.29) is 11.9 Å². The van der Waals surface area contributed by atoms with Crippen LogP contribution in [0.2, 0.25) is 10.0 Å². The number of carbonyl (C=O) groups is 1. The number of amides is 1. The van der Waals surface area contributed by atoms with Crippen molar-refractivity contribution in [3.05, 3.63) is 99.5 Å². The predicted octanol–water partition coefficient (Wildman–Crippen LogP) is 6.49. The highest BCUT2D eigenvalue weighted by molar-refractivity contribution is 6.35. The molecule has 0 bridgehead atoms. The maximum atomic E-state index is 13.1. The first-order valence-corrected chi connectivity index (χ1v) is 10.5. The van der Waals surface area contributed by atoms with Gasteiger partial charge in [0.15, 0.2) is 0 Å². The molecule has 1 heterocycles. The van der Waals surface area contributed by atoms with Crippen LogP contribution in [0.25, 0.3) is 6.08 Å². The van der Waals surface area contributed by atoms with Gasteiger partial charge < -0.3 is 4.74 Å².